The van der Waals surface area contributed by atoms with E-state index in [4.69, 9.17) is 10.5 Å². The van der Waals surface area contributed by atoms with Crippen LogP contribution in [0.1, 0.15) is 32.6 Å². The van der Waals surface area contributed by atoms with E-state index in [-0.39, 0.29) is 5.97 Å². The lowest BCUT2D eigenvalue weighted by Gasteiger charge is -2.35. The minimum absolute atomic E-state index is 0.313. The average molecular weight is 283 g/mol. The van der Waals surface area contributed by atoms with Crippen LogP contribution in [0.25, 0.3) is 0 Å². The highest BCUT2D eigenvalue weighted by molar-refractivity contribution is 5.79. The summed E-state index contributed by atoms with van der Waals surface area (Å²) in [6, 6.07) is 0. The smallest absolute Gasteiger partial charge is 0.325 e. The monoisotopic (exact) mass is 283 g/mol. The number of esters is 1. The van der Waals surface area contributed by atoms with Gasteiger partial charge in [0.2, 0.25) is 0 Å². The number of carbonyl (C=O) groups is 1. The molecule has 2 aliphatic rings. The van der Waals surface area contributed by atoms with E-state index in [1.807, 2.05) is 0 Å². The Balaban J connectivity index is 1.59. The third kappa shape index (κ3) is 4.72. The molecule has 1 aliphatic heterocycles. The fourth-order valence-corrected chi connectivity index (χ4v) is 2.87. The van der Waals surface area contributed by atoms with E-state index < -0.39 is 5.54 Å². The number of nitrogens with two attached hydrogens (primary N) is 1. The molecule has 2 fully saturated rings. The number of ether oxygens (including phenoxy) is 1. The zero-order valence-corrected chi connectivity index (χ0v) is 12.9. The van der Waals surface area contributed by atoms with Crippen LogP contribution in [0.4, 0.5) is 0 Å². The largest absolute Gasteiger partial charge is 0.468 e. The maximum Gasteiger partial charge on any atom is 0.325 e. The number of methoxy groups -OCH3 is 1. The molecule has 0 spiro atoms. The summed E-state index contributed by atoms with van der Waals surface area (Å²) in [7, 11) is 1.40. The quantitative estimate of drug-likeness (QED) is 0.697. The fraction of sp³-hybridized carbons (Fsp3) is 0.933. The van der Waals surface area contributed by atoms with Crippen LogP contribution in [0.2, 0.25) is 0 Å². The highest BCUT2D eigenvalue weighted by Gasteiger charge is 2.29. The molecule has 1 atom stereocenters. The summed E-state index contributed by atoms with van der Waals surface area (Å²) in [5.41, 5.74) is 5.12. The Morgan fingerprint density at radius 1 is 1.25 bits per heavy atom. The number of carbonyl (C=O) groups excluding carboxylic acids is 1. The normalized spacial score (nSPS) is 24.4. The van der Waals surface area contributed by atoms with Crippen LogP contribution in [-0.4, -0.2) is 67.7 Å². The third-order valence-electron chi connectivity index (χ3n) is 4.50. The number of hydrogen-bond donors (Lipinski definition) is 1. The molecular formula is C15H29N3O2. The topological polar surface area (TPSA) is 58.8 Å². The first-order valence-corrected chi connectivity index (χ1v) is 7.83. The van der Waals surface area contributed by atoms with Crippen molar-refractivity contribution >= 4 is 5.97 Å². The van der Waals surface area contributed by atoms with Gasteiger partial charge in [0.25, 0.3) is 0 Å². The first-order valence-electron chi connectivity index (χ1n) is 7.83. The molecule has 5 nitrogen and oxygen atoms in total. The molecule has 0 aromatic heterocycles. The third-order valence-corrected chi connectivity index (χ3v) is 4.50. The molecule has 0 aromatic rings. The SMILES string of the molecule is COC(=O)C(C)(N)CCCN1CCN(CC2CC2)CC1. The summed E-state index contributed by atoms with van der Waals surface area (Å²) < 4.78 is 4.73. The van der Waals surface area contributed by atoms with Gasteiger partial charge >= 0.3 is 5.97 Å². The fourth-order valence-electron chi connectivity index (χ4n) is 2.87. The van der Waals surface area contributed by atoms with Crippen molar-refractivity contribution in [3.05, 3.63) is 0 Å². The van der Waals surface area contributed by atoms with Crippen LogP contribution in [0.15, 0.2) is 0 Å². The van der Waals surface area contributed by atoms with E-state index in [0.717, 1.165) is 32.0 Å². The van der Waals surface area contributed by atoms with Gasteiger partial charge in [-0.3, -0.25) is 4.79 Å². The summed E-state index contributed by atoms with van der Waals surface area (Å²) >= 11 is 0. The number of nitrogens with zero attached hydrogens (tertiary/aromatic N) is 2. The van der Waals surface area contributed by atoms with Crippen LogP contribution in [0.5, 0.6) is 0 Å². The molecular weight excluding hydrogens is 254 g/mol. The minimum atomic E-state index is -0.845. The molecule has 1 saturated carbocycles. The van der Waals surface area contributed by atoms with E-state index >= 15 is 0 Å². The van der Waals surface area contributed by atoms with Crippen molar-refractivity contribution < 1.29 is 9.53 Å². The summed E-state index contributed by atoms with van der Waals surface area (Å²) in [5.74, 6) is 0.673. The molecule has 20 heavy (non-hydrogen) atoms. The highest BCUT2D eigenvalue weighted by atomic mass is 16.5. The van der Waals surface area contributed by atoms with Gasteiger partial charge in [-0.25, -0.2) is 0 Å². The van der Waals surface area contributed by atoms with Gasteiger partial charge in [-0.2, -0.15) is 0 Å². The molecule has 0 radical (unpaired) electrons. The Hall–Kier alpha value is -0.650. The standard InChI is InChI=1S/C15H29N3O2/c1-15(16,14(19)20-2)6-3-7-17-8-10-18(11-9-17)12-13-4-5-13/h13H,3-12,16H2,1-2H3. The summed E-state index contributed by atoms with van der Waals surface area (Å²) in [5, 5.41) is 0. The Bertz CT molecular complexity index is 321. The Labute approximate surface area is 122 Å². The maximum absolute atomic E-state index is 11.5. The predicted octanol–water partition coefficient (Wildman–Crippen LogP) is 0.685. The summed E-state index contributed by atoms with van der Waals surface area (Å²) in [4.78, 5) is 16.6. The summed E-state index contributed by atoms with van der Waals surface area (Å²) in [6.45, 7) is 8.75. The van der Waals surface area contributed by atoms with Gasteiger partial charge in [-0.1, -0.05) is 0 Å². The van der Waals surface area contributed by atoms with Crippen molar-refractivity contribution in [1.82, 2.24) is 9.80 Å². The molecule has 116 valence electrons. The van der Waals surface area contributed by atoms with Crippen molar-refractivity contribution in [2.24, 2.45) is 11.7 Å². The van der Waals surface area contributed by atoms with Gasteiger partial charge in [0, 0.05) is 32.7 Å². The van der Waals surface area contributed by atoms with Crippen LogP contribution in [0.3, 0.4) is 0 Å². The van der Waals surface area contributed by atoms with E-state index in [2.05, 4.69) is 9.80 Å². The molecule has 1 aliphatic carbocycles. The van der Waals surface area contributed by atoms with Gasteiger partial charge in [-0.05, 0) is 45.1 Å². The number of rotatable bonds is 7. The van der Waals surface area contributed by atoms with Gasteiger partial charge < -0.3 is 20.3 Å². The molecule has 0 bridgehead atoms. The molecule has 1 heterocycles. The molecule has 1 saturated heterocycles. The minimum Gasteiger partial charge on any atom is -0.468 e. The second kappa shape index (κ2) is 6.87. The van der Waals surface area contributed by atoms with Crippen molar-refractivity contribution in [1.29, 1.82) is 0 Å². The molecule has 1 unspecified atom stereocenters. The molecule has 2 rings (SSSR count). The Morgan fingerprint density at radius 3 is 2.40 bits per heavy atom. The number of piperazine rings is 1. The lowest BCUT2D eigenvalue weighted by Crippen LogP contribution is -2.48. The molecule has 5 heteroatoms. The van der Waals surface area contributed by atoms with E-state index in [9.17, 15) is 4.79 Å². The van der Waals surface area contributed by atoms with Gasteiger partial charge in [-0.15, -0.1) is 0 Å². The highest BCUT2D eigenvalue weighted by Crippen LogP contribution is 2.29. The van der Waals surface area contributed by atoms with Crippen molar-refractivity contribution in [3.63, 3.8) is 0 Å². The van der Waals surface area contributed by atoms with Crippen molar-refractivity contribution in [3.8, 4) is 0 Å². The van der Waals surface area contributed by atoms with E-state index in [0.29, 0.717) is 6.42 Å². The van der Waals surface area contributed by atoms with E-state index in [1.165, 1.54) is 39.6 Å². The van der Waals surface area contributed by atoms with Crippen LogP contribution >= 0.6 is 0 Å². The molecule has 2 N–H and O–H groups in total. The van der Waals surface area contributed by atoms with Crippen LogP contribution in [-0.2, 0) is 9.53 Å². The summed E-state index contributed by atoms with van der Waals surface area (Å²) in [6.07, 6.45) is 4.50. The molecule has 0 aromatic carbocycles. The Kier molecular flexibility index (Phi) is 5.41. The van der Waals surface area contributed by atoms with Crippen molar-refractivity contribution in [2.45, 2.75) is 38.1 Å². The average Bonchev–Trinajstić information content (AvgIpc) is 3.23. The Morgan fingerprint density at radius 2 is 1.85 bits per heavy atom. The molecule has 0 amide bonds. The predicted molar refractivity (Wildman–Crippen MR) is 79.4 cm³/mol. The maximum atomic E-state index is 11.5. The second-order valence-electron chi connectivity index (χ2n) is 6.60. The van der Waals surface area contributed by atoms with Gasteiger partial charge in [0.05, 0.1) is 7.11 Å². The second-order valence-corrected chi connectivity index (χ2v) is 6.60. The zero-order chi connectivity index (χ0) is 14.6. The first kappa shape index (κ1) is 15.7. The van der Waals surface area contributed by atoms with Gasteiger partial charge in [0.15, 0.2) is 0 Å². The van der Waals surface area contributed by atoms with Gasteiger partial charge in [0.1, 0.15) is 5.54 Å². The lowest BCUT2D eigenvalue weighted by atomic mass is 9.97. The van der Waals surface area contributed by atoms with Crippen LogP contribution in [0, 0.1) is 5.92 Å². The number of hydrogen-bond acceptors (Lipinski definition) is 5. The lowest BCUT2D eigenvalue weighted by molar-refractivity contribution is -0.146. The van der Waals surface area contributed by atoms with E-state index in [1.54, 1.807) is 6.92 Å². The first-order chi connectivity index (χ1) is 9.51. The van der Waals surface area contributed by atoms with Crippen molar-refractivity contribution in [2.75, 3.05) is 46.4 Å². The zero-order valence-electron chi connectivity index (χ0n) is 12.9. The van der Waals surface area contributed by atoms with Crippen LogP contribution < -0.4 is 5.73 Å².